The summed E-state index contributed by atoms with van der Waals surface area (Å²) in [5.74, 6) is 2.19. The first-order chi connectivity index (χ1) is 17.6. The van der Waals surface area contributed by atoms with Crippen molar-refractivity contribution >= 4 is 11.6 Å². The zero-order valence-electron chi connectivity index (χ0n) is 20.0. The number of nitrogens with one attached hydrogen (secondary N) is 2. The number of anilines is 1. The molecule has 0 aliphatic rings. The Labute approximate surface area is 207 Å². The molecule has 2 N–H and O–H groups in total. The van der Waals surface area contributed by atoms with Crippen LogP contribution in [-0.4, -0.2) is 45.1 Å². The molecule has 0 unspecified atom stereocenters. The van der Waals surface area contributed by atoms with Crippen molar-refractivity contribution in [1.29, 1.82) is 0 Å². The maximum atomic E-state index is 13.4. The van der Waals surface area contributed by atoms with Gasteiger partial charge in [0, 0.05) is 23.0 Å². The SMILES string of the molecule is COc1ccc(-c2nn(-c3ccccc3)cc2C(=O)Nc2ccc(-c3n[nH]c(C)n3)cc2)cc1OC. The number of nitrogens with zero attached hydrogens (tertiary/aromatic N) is 4. The van der Waals surface area contributed by atoms with Gasteiger partial charge in [0.15, 0.2) is 17.3 Å². The second-order valence-corrected chi connectivity index (χ2v) is 8.02. The van der Waals surface area contributed by atoms with Crippen LogP contribution in [0.4, 0.5) is 5.69 Å². The Bertz CT molecular complexity index is 1510. The Hall–Kier alpha value is -4.92. The molecule has 0 bridgehead atoms. The van der Waals surface area contributed by atoms with Crippen LogP contribution in [0.3, 0.4) is 0 Å². The van der Waals surface area contributed by atoms with Gasteiger partial charge in [0.2, 0.25) is 0 Å². The van der Waals surface area contributed by atoms with Crippen LogP contribution in [0.2, 0.25) is 0 Å². The number of amides is 1. The molecular weight excluding hydrogens is 456 g/mol. The fourth-order valence-electron chi connectivity index (χ4n) is 3.82. The first-order valence-corrected chi connectivity index (χ1v) is 11.2. The van der Waals surface area contributed by atoms with Crippen LogP contribution in [0, 0.1) is 6.92 Å². The molecule has 0 fully saturated rings. The molecule has 0 aliphatic carbocycles. The van der Waals surface area contributed by atoms with Gasteiger partial charge in [0.1, 0.15) is 11.5 Å². The third kappa shape index (κ3) is 4.54. The lowest BCUT2D eigenvalue weighted by atomic mass is 10.1. The number of hydrogen-bond donors (Lipinski definition) is 2. The van der Waals surface area contributed by atoms with E-state index in [1.165, 1.54) is 0 Å². The van der Waals surface area contributed by atoms with Gasteiger partial charge < -0.3 is 14.8 Å². The lowest BCUT2D eigenvalue weighted by Gasteiger charge is -2.10. The summed E-state index contributed by atoms with van der Waals surface area (Å²) in [5.41, 5.74) is 3.99. The first kappa shape index (κ1) is 22.9. The number of methoxy groups -OCH3 is 2. The van der Waals surface area contributed by atoms with Gasteiger partial charge in [-0.3, -0.25) is 9.89 Å². The average molecular weight is 481 g/mol. The summed E-state index contributed by atoms with van der Waals surface area (Å²) in [4.78, 5) is 17.8. The molecule has 36 heavy (non-hydrogen) atoms. The molecule has 5 rings (SSSR count). The van der Waals surface area contributed by atoms with E-state index in [4.69, 9.17) is 14.6 Å². The van der Waals surface area contributed by atoms with Crippen molar-refractivity contribution in [2.24, 2.45) is 0 Å². The van der Waals surface area contributed by atoms with Crippen molar-refractivity contribution in [3.63, 3.8) is 0 Å². The van der Waals surface area contributed by atoms with Crippen LogP contribution in [0.1, 0.15) is 16.2 Å². The number of aromatic amines is 1. The van der Waals surface area contributed by atoms with Gasteiger partial charge in [-0.05, 0) is 61.5 Å². The Balaban J connectivity index is 1.49. The average Bonchev–Trinajstić information content (AvgIpc) is 3.56. The molecule has 9 nitrogen and oxygen atoms in total. The number of aryl methyl sites for hydroxylation is 1. The number of para-hydroxylation sites is 1. The third-order valence-electron chi connectivity index (χ3n) is 5.63. The van der Waals surface area contributed by atoms with Gasteiger partial charge in [0.05, 0.1) is 25.5 Å². The van der Waals surface area contributed by atoms with Crippen LogP contribution >= 0.6 is 0 Å². The van der Waals surface area contributed by atoms with Crippen molar-refractivity contribution in [2.45, 2.75) is 6.92 Å². The molecule has 5 aromatic rings. The fourth-order valence-corrected chi connectivity index (χ4v) is 3.82. The molecule has 0 aliphatic heterocycles. The molecule has 0 saturated carbocycles. The lowest BCUT2D eigenvalue weighted by molar-refractivity contribution is 0.102. The number of aromatic nitrogens is 5. The quantitative estimate of drug-likeness (QED) is 0.343. The molecule has 0 radical (unpaired) electrons. The smallest absolute Gasteiger partial charge is 0.259 e. The minimum absolute atomic E-state index is 0.288. The Kier molecular flexibility index (Phi) is 6.19. The summed E-state index contributed by atoms with van der Waals surface area (Å²) < 4.78 is 12.5. The monoisotopic (exact) mass is 480 g/mol. The van der Waals surface area contributed by atoms with Crippen molar-refractivity contribution in [2.75, 3.05) is 19.5 Å². The molecule has 0 saturated heterocycles. The first-order valence-electron chi connectivity index (χ1n) is 11.2. The van der Waals surface area contributed by atoms with E-state index < -0.39 is 0 Å². The number of H-pyrrole nitrogens is 1. The van der Waals surface area contributed by atoms with Gasteiger partial charge in [-0.1, -0.05) is 18.2 Å². The largest absolute Gasteiger partial charge is 0.493 e. The molecule has 180 valence electrons. The number of carbonyl (C=O) groups excluding carboxylic acids is 1. The zero-order chi connectivity index (χ0) is 25.1. The number of ether oxygens (including phenoxy) is 2. The molecule has 0 spiro atoms. The summed E-state index contributed by atoms with van der Waals surface area (Å²) in [6.45, 7) is 1.84. The van der Waals surface area contributed by atoms with Crippen LogP contribution in [-0.2, 0) is 0 Å². The lowest BCUT2D eigenvalue weighted by Crippen LogP contribution is -2.12. The van der Waals surface area contributed by atoms with E-state index in [0.717, 1.165) is 22.6 Å². The topological polar surface area (TPSA) is 107 Å². The highest BCUT2D eigenvalue weighted by Gasteiger charge is 2.20. The van der Waals surface area contributed by atoms with E-state index in [1.807, 2.05) is 67.6 Å². The number of rotatable bonds is 7. The minimum Gasteiger partial charge on any atom is -0.493 e. The third-order valence-corrected chi connectivity index (χ3v) is 5.63. The molecule has 2 heterocycles. The van der Waals surface area contributed by atoms with Crippen molar-refractivity contribution in [3.05, 3.63) is 90.4 Å². The summed E-state index contributed by atoms with van der Waals surface area (Å²) in [7, 11) is 3.15. The fraction of sp³-hybridized carbons (Fsp3) is 0.111. The highest BCUT2D eigenvalue weighted by molar-refractivity contribution is 6.08. The summed E-state index contributed by atoms with van der Waals surface area (Å²) in [6.07, 6.45) is 1.72. The predicted octanol–water partition coefficient (Wildman–Crippen LogP) is 4.90. The summed E-state index contributed by atoms with van der Waals surface area (Å²) >= 11 is 0. The highest BCUT2D eigenvalue weighted by Crippen LogP contribution is 2.33. The van der Waals surface area contributed by atoms with Gasteiger partial charge in [0.25, 0.3) is 5.91 Å². The van der Waals surface area contributed by atoms with Crippen molar-refractivity contribution < 1.29 is 14.3 Å². The number of benzene rings is 3. The van der Waals surface area contributed by atoms with Crippen LogP contribution in [0.5, 0.6) is 11.5 Å². The van der Waals surface area contributed by atoms with Crippen LogP contribution < -0.4 is 14.8 Å². The van der Waals surface area contributed by atoms with Gasteiger partial charge in [-0.2, -0.15) is 10.2 Å². The predicted molar refractivity (Wildman–Crippen MR) is 137 cm³/mol. The maximum Gasteiger partial charge on any atom is 0.259 e. The van der Waals surface area contributed by atoms with E-state index >= 15 is 0 Å². The van der Waals surface area contributed by atoms with Crippen molar-refractivity contribution in [3.8, 4) is 39.8 Å². The number of hydrogen-bond acceptors (Lipinski definition) is 6. The second-order valence-electron chi connectivity index (χ2n) is 8.02. The molecule has 9 heteroatoms. The van der Waals surface area contributed by atoms with E-state index in [1.54, 1.807) is 37.2 Å². The van der Waals surface area contributed by atoms with Gasteiger partial charge in [-0.25, -0.2) is 9.67 Å². The van der Waals surface area contributed by atoms with Crippen LogP contribution in [0.15, 0.2) is 79.0 Å². The molecule has 0 atom stereocenters. The normalized spacial score (nSPS) is 10.8. The highest BCUT2D eigenvalue weighted by atomic mass is 16.5. The Morgan fingerprint density at radius 2 is 1.64 bits per heavy atom. The maximum absolute atomic E-state index is 13.4. The molecular formula is C27H24N6O3. The molecule has 1 amide bonds. The second kappa shape index (κ2) is 9.75. The Morgan fingerprint density at radius 3 is 2.31 bits per heavy atom. The number of carbonyl (C=O) groups is 1. The van der Waals surface area contributed by atoms with E-state index in [-0.39, 0.29) is 5.91 Å². The van der Waals surface area contributed by atoms with Crippen molar-refractivity contribution in [1.82, 2.24) is 25.0 Å². The van der Waals surface area contributed by atoms with Crippen LogP contribution in [0.25, 0.3) is 28.3 Å². The zero-order valence-corrected chi connectivity index (χ0v) is 20.0. The summed E-state index contributed by atoms with van der Waals surface area (Å²) in [5, 5.41) is 14.7. The molecule has 3 aromatic carbocycles. The summed E-state index contributed by atoms with van der Waals surface area (Å²) in [6, 6.07) is 22.4. The minimum atomic E-state index is -0.288. The molecule has 2 aromatic heterocycles. The van der Waals surface area contributed by atoms with Gasteiger partial charge >= 0.3 is 0 Å². The van der Waals surface area contributed by atoms with Gasteiger partial charge in [-0.15, -0.1) is 0 Å². The standard InChI is InChI=1S/C27H24N6O3/c1-17-28-26(31-30-17)18-9-12-20(13-10-18)29-27(34)22-16-33(21-7-5-4-6-8-21)32-25(22)19-11-14-23(35-2)24(15-19)36-3/h4-16H,1-3H3,(H,29,34)(H,28,30,31). The van der Waals surface area contributed by atoms with E-state index in [0.29, 0.717) is 34.3 Å². The Morgan fingerprint density at radius 1 is 0.917 bits per heavy atom. The van der Waals surface area contributed by atoms with E-state index in [9.17, 15) is 4.79 Å². The van der Waals surface area contributed by atoms with E-state index in [2.05, 4.69) is 20.5 Å².